The Morgan fingerprint density at radius 2 is 1.65 bits per heavy atom. The second-order valence-corrected chi connectivity index (χ2v) is 6.90. The molecule has 0 aliphatic carbocycles. The summed E-state index contributed by atoms with van der Waals surface area (Å²) in [7, 11) is 0. The molecule has 0 bridgehead atoms. The monoisotopic (exact) mass is 355 g/mol. The van der Waals surface area contributed by atoms with Gasteiger partial charge in [0.1, 0.15) is 24.0 Å². The van der Waals surface area contributed by atoms with Gasteiger partial charge in [0.25, 0.3) is 0 Å². The number of aryl methyl sites for hydroxylation is 1. The molecule has 4 rings (SSSR count). The Balaban J connectivity index is 1.39. The van der Waals surface area contributed by atoms with Crippen LogP contribution in [0.1, 0.15) is 18.7 Å². The number of carbonyl (C=O) groups is 1. The largest absolute Gasteiger partial charge is 0.356 e. The molecule has 138 valence electrons. The van der Waals surface area contributed by atoms with E-state index < -0.39 is 0 Å². The third kappa shape index (κ3) is 3.63. The van der Waals surface area contributed by atoms with Gasteiger partial charge in [0, 0.05) is 57.7 Å². The average molecular weight is 355 g/mol. The first-order chi connectivity index (χ1) is 12.7. The molecule has 0 aromatic carbocycles. The molecule has 1 amide bonds. The standard InChI is InChI=1S/C18H25N7O/c1-15-20-16(22-6-2-3-7-22)13-17(21-15)23-9-11-24(12-10-23)18(26)14-25-8-4-5-19-25/h4-5,8,13H,2-3,6-7,9-12,14H2,1H3. The van der Waals surface area contributed by atoms with Crippen LogP contribution in [0.4, 0.5) is 11.6 Å². The van der Waals surface area contributed by atoms with Crippen molar-refractivity contribution in [3.8, 4) is 0 Å². The summed E-state index contributed by atoms with van der Waals surface area (Å²) in [5.74, 6) is 2.92. The van der Waals surface area contributed by atoms with E-state index in [2.05, 4.69) is 30.9 Å². The van der Waals surface area contributed by atoms with Gasteiger partial charge < -0.3 is 14.7 Å². The van der Waals surface area contributed by atoms with Gasteiger partial charge in [0.2, 0.25) is 5.91 Å². The van der Waals surface area contributed by atoms with Gasteiger partial charge in [-0.25, -0.2) is 9.97 Å². The zero-order valence-electron chi connectivity index (χ0n) is 15.2. The first-order valence-corrected chi connectivity index (χ1v) is 9.30. The van der Waals surface area contributed by atoms with Gasteiger partial charge in [0.05, 0.1) is 0 Å². The van der Waals surface area contributed by atoms with Crippen LogP contribution in [-0.2, 0) is 11.3 Å². The van der Waals surface area contributed by atoms with Gasteiger partial charge in [-0.3, -0.25) is 9.48 Å². The number of amides is 1. The molecule has 2 aromatic heterocycles. The van der Waals surface area contributed by atoms with E-state index in [4.69, 9.17) is 0 Å². The van der Waals surface area contributed by atoms with Crippen LogP contribution in [0.25, 0.3) is 0 Å². The van der Waals surface area contributed by atoms with Gasteiger partial charge in [-0.05, 0) is 25.8 Å². The first kappa shape index (κ1) is 16.8. The Morgan fingerprint density at radius 1 is 1.00 bits per heavy atom. The van der Waals surface area contributed by atoms with Gasteiger partial charge in [0.15, 0.2) is 0 Å². The van der Waals surface area contributed by atoms with E-state index in [0.717, 1.165) is 43.6 Å². The molecule has 0 radical (unpaired) electrons. The zero-order chi connectivity index (χ0) is 17.9. The minimum absolute atomic E-state index is 0.116. The summed E-state index contributed by atoms with van der Waals surface area (Å²) < 4.78 is 1.67. The fourth-order valence-electron chi connectivity index (χ4n) is 3.62. The van der Waals surface area contributed by atoms with Gasteiger partial charge in [-0.1, -0.05) is 0 Å². The summed E-state index contributed by atoms with van der Waals surface area (Å²) in [4.78, 5) is 28.1. The lowest BCUT2D eigenvalue weighted by molar-refractivity contribution is -0.132. The van der Waals surface area contributed by atoms with Crippen LogP contribution in [0.2, 0.25) is 0 Å². The molecule has 0 N–H and O–H groups in total. The van der Waals surface area contributed by atoms with Crippen LogP contribution in [-0.4, -0.2) is 69.8 Å². The minimum Gasteiger partial charge on any atom is -0.356 e. The van der Waals surface area contributed by atoms with Crippen LogP contribution in [0, 0.1) is 6.92 Å². The van der Waals surface area contributed by atoms with Crippen molar-refractivity contribution in [3.63, 3.8) is 0 Å². The van der Waals surface area contributed by atoms with E-state index in [1.54, 1.807) is 10.9 Å². The molecule has 8 nitrogen and oxygen atoms in total. The average Bonchev–Trinajstić information content (AvgIpc) is 3.35. The summed E-state index contributed by atoms with van der Waals surface area (Å²) in [6, 6.07) is 3.93. The number of nitrogens with zero attached hydrogens (tertiary/aromatic N) is 7. The third-order valence-electron chi connectivity index (χ3n) is 5.05. The van der Waals surface area contributed by atoms with Crippen molar-refractivity contribution in [1.82, 2.24) is 24.6 Å². The van der Waals surface area contributed by atoms with Gasteiger partial charge >= 0.3 is 0 Å². The van der Waals surface area contributed by atoms with Crippen molar-refractivity contribution < 1.29 is 4.79 Å². The number of aromatic nitrogens is 4. The maximum atomic E-state index is 12.4. The highest BCUT2D eigenvalue weighted by atomic mass is 16.2. The lowest BCUT2D eigenvalue weighted by Crippen LogP contribution is -2.50. The van der Waals surface area contributed by atoms with Crippen LogP contribution < -0.4 is 9.80 Å². The highest BCUT2D eigenvalue weighted by molar-refractivity contribution is 5.76. The van der Waals surface area contributed by atoms with E-state index in [0.29, 0.717) is 19.6 Å². The van der Waals surface area contributed by atoms with E-state index in [1.165, 1.54) is 12.8 Å². The third-order valence-corrected chi connectivity index (χ3v) is 5.05. The van der Waals surface area contributed by atoms with Crippen LogP contribution >= 0.6 is 0 Å². The SMILES string of the molecule is Cc1nc(N2CCCC2)cc(N2CCN(C(=O)Cn3cccn3)CC2)n1. The van der Waals surface area contributed by atoms with Crippen molar-refractivity contribution in [3.05, 3.63) is 30.4 Å². The molecule has 0 atom stereocenters. The normalized spacial score (nSPS) is 17.8. The van der Waals surface area contributed by atoms with E-state index >= 15 is 0 Å². The maximum absolute atomic E-state index is 12.4. The molecule has 0 spiro atoms. The molecular weight excluding hydrogens is 330 g/mol. The Hall–Kier alpha value is -2.64. The van der Waals surface area contributed by atoms with Crippen molar-refractivity contribution in [1.29, 1.82) is 0 Å². The van der Waals surface area contributed by atoms with Crippen LogP contribution in [0.5, 0.6) is 0 Å². The molecule has 2 fully saturated rings. The van der Waals surface area contributed by atoms with Crippen molar-refractivity contribution >= 4 is 17.5 Å². The fourth-order valence-corrected chi connectivity index (χ4v) is 3.62. The molecular formula is C18H25N7O. The number of anilines is 2. The predicted molar refractivity (Wildman–Crippen MR) is 99.2 cm³/mol. The molecule has 4 heterocycles. The molecule has 2 saturated heterocycles. The summed E-state index contributed by atoms with van der Waals surface area (Å²) in [5, 5.41) is 4.11. The van der Waals surface area contributed by atoms with Crippen LogP contribution in [0.3, 0.4) is 0 Å². The minimum atomic E-state index is 0.116. The zero-order valence-corrected chi connectivity index (χ0v) is 15.2. The van der Waals surface area contributed by atoms with Gasteiger partial charge in [-0.2, -0.15) is 5.10 Å². The lowest BCUT2D eigenvalue weighted by atomic mass is 10.3. The number of rotatable bonds is 4. The Labute approximate surface area is 153 Å². The van der Waals surface area contributed by atoms with E-state index in [9.17, 15) is 4.79 Å². The number of carbonyl (C=O) groups excluding carboxylic acids is 1. The molecule has 0 saturated carbocycles. The number of hydrogen-bond donors (Lipinski definition) is 0. The molecule has 2 aromatic rings. The topological polar surface area (TPSA) is 70.4 Å². The van der Waals surface area contributed by atoms with E-state index in [1.807, 2.05) is 24.1 Å². The maximum Gasteiger partial charge on any atom is 0.244 e. The quantitative estimate of drug-likeness (QED) is 0.813. The smallest absolute Gasteiger partial charge is 0.244 e. The van der Waals surface area contributed by atoms with Crippen molar-refractivity contribution in [2.45, 2.75) is 26.3 Å². The van der Waals surface area contributed by atoms with E-state index in [-0.39, 0.29) is 5.91 Å². The predicted octanol–water partition coefficient (Wildman–Crippen LogP) is 0.931. The Bertz CT molecular complexity index is 747. The molecule has 26 heavy (non-hydrogen) atoms. The van der Waals surface area contributed by atoms with Crippen molar-refractivity contribution in [2.24, 2.45) is 0 Å². The Kier molecular flexibility index (Phi) is 4.73. The number of piperazine rings is 1. The molecule has 8 heteroatoms. The highest BCUT2D eigenvalue weighted by Crippen LogP contribution is 2.23. The summed E-state index contributed by atoms with van der Waals surface area (Å²) in [6.07, 6.45) is 5.98. The summed E-state index contributed by atoms with van der Waals surface area (Å²) >= 11 is 0. The second kappa shape index (κ2) is 7.31. The number of hydrogen-bond acceptors (Lipinski definition) is 6. The highest BCUT2D eigenvalue weighted by Gasteiger charge is 2.23. The Morgan fingerprint density at radius 3 is 2.27 bits per heavy atom. The molecule has 2 aliphatic rings. The molecule has 2 aliphatic heterocycles. The second-order valence-electron chi connectivity index (χ2n) is 6.90. The first-order valence-electron chi connectivity index (χ1n) is 9.30. The fraction of sp³-hybridized carbons (Fsp3) is 0.556. The van der Waals surface area contributed by atoms with Gasteiger partial charge in [-0.15, -0.1) is 0 Å². The van der Waals surface area contributed by atoms with Crippen LogP contribution in [0.15, 0.2) is 24.5 Å². The summed E-state index contributed by atoms with van der Waals surface area (Å²) in [6.45, 7) is 7.41. The lowest BCUT2D eigenvalue weighted by Gasteiger charge is -2.35. The summed E-state index contributed by atoms with van der Waals surface area (Å²) in [5.41, 5.74) is 0. The van der Waals surface area contributed by atoms with Crippen molar-refractivity contribution in [2.75, 3.05) is 49.1 Å². The molecule has 0 unspecified atom stereocenters.